The minimum absolute atomic E-state index is 0.00391. The molecule has 4 nitrogen and oxygen atoms in total. The summed E-state index contributed by atoms with van der Waals surface area (Å²) in [4.78, 5) is 0. The van der Waals surface area contributed by atoms with Crippen molar-refractivity contribution in [3.63, 3.8) is 0 Å². The first-order valence-corrected chi connectivity index (χ1v) is 6.81. The lowest BCUT2D eigenvalue weighted by atomic mass is 9.98. The fraction of sp³-hybridized carbons (Fsp3) is 0.800. The molecule has 1 saturated heterocycles. The zero-order chi connectivity index (χ0) is 14.1. The number of halogens is 3. The van der Waals surface area contributed by atoms with Crippen LogP contribution >= 0.6 is 0 Å². The van der Waals surface area contributed by atoms with E-state index in [1.54, 1.807) is 6.92 Å². The smallest absolute Gasteiger partial charge is 0.381 e. The largest absolute Gasteiger partial charge is 0.534 e. The number of hydrogen-bond donors (Lipinski definition) is 0. The topological polar surface area (TPSA) is 52.6 Å². The lowest BCUT2D eigenvalue weighted by molar-refractivity contribution is -0.0526. The van der Waals surface area contributed by atoms with Crippen molar-refractivity contribution in [3.8, 4) is 0 Å². The van der Waals surface area contributed by atoms with Crippen LogP contribution in [0, 0.1) is 0 Å². The van der Waals surface area contributed by atoms with Crippen molar-refractivity contribution < 1.29 is 30.5 Å². The van der Waals surface area contributed by atoms with Gasteiger partial charge < -0.3 is 8.92 Å². The summed E-state index contributed by atoms with van der Waals surface area (Å²) in [6.45, 7) is 4.70. The Balaban J connectivity index is 2.91. The molecule has 0 aromatic carbocycles. The molecule has 0 radical (unpaired) electrons. The molecule has 0 unspecified atom stereocenters. The van der Waals surface area contributed by atoms with E-state index in [9.17, 15) is 21.6 Å². The van der Waals surface area contributed by atoms with Crippen molar-refractivity contribution in [2.45, 2.75) is 51.3 Å². The van der Waals surface area contributed by atoms with Gasteiger partial charge in [0.05, 0.1) is 12.2 Å². The Kier molecular flexibility index (Phi) is 4.32. The van der Waals surface area contributed by atoms with Gasteiger partial charge in [-0.1, -0.05) is 0 Å². The molecular weight excluding hydrogens is 273 g/mol. The molecule has 0 aromatic heterocycles. The summed E-state index contributed by atoms with van der Waals surface area (Å²) < 4.78 is 67.7. The average molecular weight is 288 g/mol. The maximum Gasteiger partial charge on any atom is 0.534 e. The van der Waals surface area contributed by atoms with Crippen LogP contribution in [0.4, 0.5) is 13.2 Å². The molecule has 18 heavy (non-hydrogen) atoms. The maximum atomic E-state index is 12.2. The Morgan fingerprint density at radius 2 is 1.94 bits per heavy atom. The molecule has 106 valence electrons. The second-order valence-electron chi connectivity index (χ2n) is 4.19. The van der Waals surface area contributed by atoms with Gasteiger partial charge in [-0.3, -0.25) is 0 Å². The van der Waals surface area contributed by atoms with Gasteiger partial charge in [0.15, 0.2) is 0 Å². The molecule has 0 N–H and O–H groups in total. The molecule has 1 rings (SSSR count). The molecule has 0 spiro atoms. The third kappa shape index (κ3) is 3.38. The second kappa shape index (κ2) is 5.08. The van der Waals surface area contributed by atoms with Gasteiger partial charge in [-0.15, -0.1) is 0 Å². The number of hydrogen-bond acceptors (Lipinski definition) is 4. The van der Waals surface area contributed by atoms with E-state index in [0.717, 1.165) is 0 Å². The Bertz CT molecular complexity index is 439. The molecule has 0 saturated carbocycles. The molecule has 1 aliphatic heterocycles. The van der Waals surface area contributed by atoms with Crippen LogP contribution in [0.1, 0.15) is 33.6 Å². The standard InChI is InChI=1S/C10H15F3O4S/c1-6-4-5-9(7(2)16-6)8(3)17-18(14,15)10(11,12)13/h6-7H,4-5H2,1-3H3/b9-8-/t6-,7+/m1/s1. The highest BCUT2D eigenvalue weighted by atomic mass is 32.2. The van der Waals surface area contributed by atoms with Gasteiger partial charge in [0.1, 0.15) is 5.76 Å². The lowest BCUT2D eigenvalue weighted by Crippen LogP contribution is -2.29. The zero-order valence-electron chi connectivity index (χ0n) is 10.2. The number of rotatable bonds is 2. The molecule has 1 heterocycles. The Hall–Kier alpha value is -0.760. The molecule has 0 aliphatic carbocycles. The Labute approximate surface area is 104 Å². The summed E-state index contributed by atoms with van der Waals surface area (Å²) >= 11 is 0. The number of alkyl halides is 3. The molecule has 2 atom stereocenters. The monoisotopic (exact) mass is 288 g/mol. The van der Waals surface area contributed by atoms with Crippen LogP contribution in [0.2, 0.25) is 0 Å². The van der Waals surface area contributed by atoms with Crippen molar-refractivity contribution in [1.82, 2.24) is 0 Å². The van der Waals surface area contributed by atoms with Crippen LogP contribution < -0.4 is 0 Å². The number of allylic oxidation sites excluding steroid dienone is 1. The van der Waals surface area contributed by atoms with Gasteiger partial charge in [-0.2, -0.15) is 21.6 Å². The van der Waals surface area contributed by atoms with Crippen LogP contribution in [-0.4, -0.2) is 26.1 Å². The van der Waals surface area contributed by atoms with E-state index in [0.29, 0.717) is 18.4 Å². The van der Waals surface area contributed by atoms with Gasteiger partial charge in [0.2, 0.25) is 0 Å². The van der Waals surface area contributed by atoms with E-state index in [1.807, 2.05) is 6.92 Å². The maximum absolute atomic E-state index is 12.2. The summed E-state index contributed by atoms with van der Waals surface area (Å²) in [5, 5.41) is 0. The summed E-state index contributed by atoms with van der Waals surface area (Å²) in [5.41, 5.74) is -4.97. The Morgan fingerprint density at radius 1 is 1.39 bits per heavy atom. The van der Waals surface area contributed by atoms with E-state index in [-0.39, 0.29) is 11.9 Å². The quantitative estimate of drug-likeness (QED) is 0.445. The van der Waals surface area contributed by atoms with E-state index < -0.39 is 21.7 Å². The van der Waals surface area contributed by atoms with Gasteiger partial charge in [0, 0.05) is 0 Å². The predicted octanol–water partition coefficient (Wildman–Crippen LogP) is 2.71. The first-order chi connectivity index (χ1) is 8.04. The Morgan fingerprint density at radius 3 is 2.39 bits per heavy atom. The highest BCUT2D eigenvalue weighted by molar-refractivity contribution is 7.87. The highest BCUT2D eigenvalue weighted by Crippen LogP contribution is 2.31. The van der Waals surface area contributed by atoms with E-state index in [2.05, 4.69) is 4.18 Å². The zero-order valence-corrected chi connectivity index (χ0v) is 11.1. The fourth-order valence-electron chi connectivity index (χ4n) is 1.79. The van der Waals surface area contributed by atoms with Crippen molar-refractivity contribution in [3.05, 3.63) is 11.3 Å². The molecule has 1 aliphatic rings. The molecular formula is C10H15F3O4S. The summed E-state index contributed by atoms with van der Waals surface area (Å²) in [7, 11) is -5.60. The van der Waals surface area contributed by atoms with Gasteiger partial charge in [0.25, 0.3) is 0 Å². The van der Waals surface area contributed by atoms with Crippen LogP contribution in [-0.2, 0) is 19.0 Å². The van der Waals surface area contributed by atoms with Crippen LogP contribution in [0.25, 0.3) is 0 Å². The van der Waals surface area contributed by atoms with Crippen molar-refractivity contribution in [1.29, 1.82) is 0 Å². The van der Waals surface area contributed by atoms with Gasteiger partial charge in [-0.25, -0.2) is 0 Å². The summed E-state index contributed by atoms with van der Waals surface area (Å²) in [6, 6.07) is 0. The molecule has 0 aromatic rings. The van der Waals surface area contributed by atoms with Crippen LogP contribution in [0.5, 0.6) is 0 Å². The predicted molar refractivity (Wildman–Crippen MR) is 58.0 cm³/mol. The van der Waals surface area contributed by atoms with Crippen molar-refractivity contribution >= 4 is 10.1 Å². The van der Waals surface area contributed by atoms with Crippen molar-refractivity contribution in [2.24, 2.45) is 0 Å². The van der Waals surface area contributed by atoms with E-state index in [4.69, 9.17) is 4.74 Å². The van der Waals surface area contributed by atoms with Gasteiger partial charge >= 0.3 is 15.6 Å². The summed E-state index contributed by atoms with van der Waals surface area (Å²) in [6.07, 6.45) is 0.626. The normalized spacial score (nSPS) is 29.0. The van der Waals surface area contributed by atoms with Crippen LogP contribution in [0.15, 0.2) is 11.3 Å². The van der Waals surface area contributed by atoms with Crippen LogP contribution in [0.3, 0.4) is 0 Å². The van der Waals surface area contributed by atoms with Crippen molar-refractivity contribution in [2.75, 3.05) is 0 Å². The fourth-order valence-corrected chi connectivity index (χ4v) is 2.32. The SMILES string of the molecule is C/C(OS(=O)(=O)C(F)(F)F)=C1\CC[C@@H](C)O[C@H]1C. The molecule has 1 fully saturated rings. The minimum Gasteiger partial charge on any atom is -0.381 e. The lowest BCUT2D eigenvalue weighted by Gasteiger charge is -2.29. The van der Waals surface area contributed by atoms with E-state index >= 15 is 0 Å². The molecule has 0 amide bonds. The first kappa shape index (κ1) is 15.3. The minimum atomic E-state index is -5.60. The number of ether oxygens (including phenoxy) is 1. The van der Waals surface area contributed by atoms with E-state index in [1.165, 1.54) is 6.92 Å². The highest BCUT2D eigenvalue weighted by Gasteiger charge is 2.48. The third-order valence-corrected chi connectivity index (χ3v) is 3.75. The third-order valence-electron chi connectivity index (χ3n) is 2.72. The summed E-state index contributed by atoms with van der Waals surface area (Å²) in [5.74, 6) is -0.258. The molecule has 0 bridgehead atoms. The molecule has 8 heteroatoms. The second-order valence-corrected chi connectivity index (χ2v) is 5.73. The first-order valence-electron chi connectivity index (χ1n) is 5.40. The van der Waals surface area contributed by atoms with Gasteiger partial charge in [-0.05, 0) is 39.2 Å². The average Bonchev–Trinajstić information content (AvgIpc) is 2.14.